The maximum Gasteiger partial charge on any atom is 0.243 e. The van der Waals surface area contributed by atoms with Gasteiger partial charge in [0.05, 0.1) is 4.90 Å². The molecule has 1 aromatic carbocycles. The first kappa shape index (κ1) is 16.1. The molecule has 0 unspecified atom stereocenters. The quantitative estimate of drug-likeness (QED) is 0.862. The number of nitrogens with zero attached hydrogens (tertiary/aromatic N) is 3. The van der Waals surface area contributed by atoms with Crippen LogP contribution in [0.4, 0.5) is 0 Å². The summed E-state index contributed by atoms with van der Waals surface area (Å²) in [5, 5.41) is 3.87. The molecule has 1 aromatic heterocycles. The molecule has 124 valence electrons. The molecule has 0 saturated carbocycles. The molecule has 7 heteroatoms. The molecule has 0 aliphatic carbocycles. The van der Waals surface area contributed by atoms with E-state index in [0.717, 1.165) is 24.8 Å². The van der Waals surface area contributed by atoms with E-state index in [1.807, 2.05) is 19.9 Å². The van der Waals surface area contributed by atoms with Crippen LogP contribution in [0, 0.1) is 13.8 Å². The van der Waals surface area contributed by atoms with Crippen molar-refractivity contribution in [1.82, 2.24) is 14.4 Å². The van der Waals surface area contributed by atoms with Crippen LogP contribution in [-0.4, -0.2) is 35.5 Å². The monoisotopic (exact) mass is 335 g/mol. The topological polar surface area (TPSA) is 76.3 Å². The first-order valence-electron chi connectivity index (χ1n) is 7.83. The zero-order valence-electron chi connectivity index (χ0n) is 13.6. The summed E-state index contributed by atoms with van der Waals surface area (Å²) in [4.78, 5) is 4.50. The Hall–Kier alpha value is -1.73. The minimum atomic E-state index is -3.52. The Bertz CT molecular complexity index is 814. The summed E-state index contributed by atoms with van der Waals surface area (Å²) in [6.45, 7) is 6.07. The third-order valence-electron chi connectivity index (χ3n) is 4.30. The summed E-state index contributed by atoms with van der Waals surface area (Å²) in [6.07, 6.45) is 2.89. The Morgan fingerprint density at radius 3 is 2.70 bits per heavy atom. The molecule has 23 heavy (non-hydrogen) atoms. The van der Waals surface area contributed by atoms with Gasteiger partial charge in [0.25, 0.3) is 0 Å². The van der Waals surface area contributed by atoms with Crippen LogP contribution in [0.2, 0.25) is 0 Å². The van der Waals surface area contributed by atoms with E-state index in [2.05, 4.69) is 10.1 Å². The second-order valence-electron chi connectivity index (χ2n) is 6.08. The van der Waals surface area contributed by atoms with Crippen molar-refractivity contribution in [3.05, 3.63) is 29.7 Å². The lowest BCUT2D eigenvalue weighted by Gasteiger charge is -2.32. The fraction of sp³-hybridized carbons (Fsp3) is 0.500. The van der Waals surface area contributed by atoms with Crippen LogP contribution in [0.5, 0.6) is 0 Å². The van der Waals surface area contributed by atoms with Crippen molar-refractivity contribution in [3.8, 4) is 11.4 Å². The lowest BCUT2D eigenvalue weighted by atomic mass is 10.1. The van der Waals surface area contributed by atoms with Gasteiger partial charge in [0, 0.05) is 25.1 Å². The number of piperidine rings is 1. The highest BCUT2D eigenvalue weighted by molar-refractivity contribution is 7.89. The molecule has 2 heterocycles. The number of benzene rings is 1. The molecule has 3 rings (SSSR count). The third-order valence-corrected chi connectivity index (χ3v) is 6.46. The minimum Gasteiger partial charge on any atom is -0.339 e. The molecule has 2 aromatic rings. The van der Waals surface area contributed by atoms with E-state index in [4.69, 9.17) is 4.52 Å². The number of hydrogen-bond acceptors (Lipinski definition) is 5. The second kappa shape index (κ2) is 6.05. The van der Waals surface area contributed by atoms with E-state index < -0.39 is 10.0 Å². The number of sulfonamides is 1. The lowest BCUT2D eigenvalue weighted by Crippen LogP contribution is -2.42. The summed E-state index contributed by atoms with van der Waals surface area (Å²) in [6, 6.07) is 5.29. The van der Waals surface area contributed by atoms with Crippen LogP contribution in [0.15, 0.2) is 27.6 Å². The fourth-order valence-corrected chi connectivity index (χ4v) is 4.94. The Balaban J connectivity index is 2.04. The van der Waals surface area contributed by atoms with E-state index in [1.54, 1.807) is 23.4 Å². The molecule has 1 atom stereocenters. The molecule has 1 aliphatic heterocycles. The van der Waals surface area contributed by atoms with Gasteiger partial charge in [0.15, 0.2) is 0 Å². The van der Waals surface area contributed by atoms with Gasteiger partial charge in [0.1, 0.15) is 0 Å². The molecule has 0 spiro atoms. The van der Waals surface area contributed by atoms with Crippen molar-refractivity contribution in [2.24, 2.45) is 0 Å². The zero-order valence-corrected chi connectivity index (χ0v) is 14.4. The van der Waals surface area contributed by atoms with Crippen molar-refractivity contribution in [3.63, 3.8) is 0 Å². The molecule has 1 aliphatic rings. The molecule has 6 nitrogen and oxygen atoms in total. The summed E-state index contributed by atoms with van der Waals surface area (Å²) in [7, 11) is -3.52. The largest absolute Gasteiger partial charge is 0.339 e. The van der Waals surface area contributed by atoms with Gasteiger partial charge in [-0.05, 0) is 38.3 Å². The van der Waals surface area contributed by atoms with E-state index in [0.29, 0.717) is 28.7 Å². The average Bonchev–Trinajstić information content (AvgIpc) is 2.94. The zero-order chi connectivity index (χ0) is 16.6. The smallest absolute Gasteiger partial charge is 0.243 e. The van der Waals surface area contributed by atoms with Crippen LogP contribution in [-0.2, 0) is 10.0 Å². The SMILES string of the molecule is Cc1nc(-c2ccc(C)c(S(=O)(=O)N3CCCC[C@H]3C)c2)no1. The maximum atomic E-state index is 13.1. The van der Waals surface area contributed by atoms with Gasteiger partial charge >= 0.3 is 0 Å². The van der Waals surface area contributed by atoms with Gasteiger partial charge in [-0.15, -0.1) is 0 Å². The minimum absolute atomic E-state index is 0.0317. The number of rotatable bonds is 3. The van der Waals surface area contributed by atoms with Crippen molar-refractivity contribution in [2.45, 2.75) is 51.0 Å². The fourth-order valence-electron chi connectivity index (χ4n) is 2.99. The Labute approximate surface area is 136 Å². The Morgan fingerprint density at radius 1 is 1.26 bits per heavy atom. The van der Waals surface area contributed by atoms with Gasteiger partial charge in [-0.2, -0.15) is 9.29 Å². The summed E-state index contributed by atoms with van der Waals surface area (Å²) < 4.78 is 32.7. The Kier molecular flexibility index (Phi) is 4.25. The highest BCUT2D eigenvalue weighted by atomic mass is 32.2. The molecular formula is C16H21N3O3S. The third kappa shape index (κ3) is 3.03. The molecular weight excluding hydrogens is 314 g/mol. The van der Waals surface area contributed by atoms with Crippen molar-refractivity contribution < 1.29 is 12.9 Å². The highest BCUT2D eigenvalue weighted by Crippen LogP contribution is 2.29. The maximum absolute atomic E-state index is 13.1. The van der Waals surface area contributed by atoms with E-state index in [1.165, 1.54) is 0 Å². The van der Waals surface area contributed by atoms with Gasteiger partial charge in [-0.3, -0.25) is 0 Å². The summed E-state index contributed by atoms with van der Waals surface area (Å²) >= 11 is 0. The van der Waals surface area contributed by atoms with Crippen LogP contribution >= 0.6 is 0 Å². The van der Waals surface area contributed by atoms with Gasteiger partial charge in [-0.1, -0.05) is 23.7 Å². The van der Waals surface area contributed by atoms with Crippen LogP contribution in [0.1, 0.15) is 37.6 Å². The van der Waals surface area contributed by atoms with E-state index in [9.17, 15) is 8.42 Å². The lowest BCUT2D eigenvalue weighted by molar-refractivity contribution is 0.268. The van der Waals surface area contributed by atoms with Crippen LogP contribution in [0.25, 0.3) is 11.4 Å². The molecule has 0 amide bonds. The standard InChI is InChI=1S/C16H21N3O3S/c1-11-7-8-14(16-17-13(3)22-18-16)10-15(11)23(20,21)19-9-5-4-6-12(19)2/h7-8,10,12H,4-6,9H2,1-3H3/t12-/m1/s1. The molecule has 0 bridgehead atoms. The number of aryl methyl sites for hydroxylation is 2. The molecule has 1 fully saturated rings. The van der Waals surface area contributed by atoms with Crippen LogP contribution in [0.3, 0.4) is 0 Å². The van der Waals surface area contributed by atoms with Gasteiger partial charge in [0.2, 0.25) is 21.7 Å². The second-order valence-corrected chi connectivity index (χ2v) is 7.94. The van der Waals surface area contributed by atoms with Gasteiger partial charge < -0.3 is 4.52 Å². The van der Waals surface area contributed by atoms with Crippen molar-refractivity contribution in [2.75, 3.05) is 6.54 Å². The molecule has 0 N–H and O–H groups in total. The first-order valence-corrected chi connectivity index (χ1v) is 9.27. The normalized spacial score (nSPS) is 19.9. The highest BCUT2D eigenvalue weighted by Gasteiger charge is 2.32. The van der Waals surface area contributed by atoms with E-state index >= 15 is 0 Å². The number of hydrogen-bond donors (Lipinski definition) is 0. The molecule has 1 saturated heterocycles. The van der Waals surface area contributed by atoms with Crippen molar-refractivity contribution >= 4 is 10.0 Å². The number of aromatic nitrogens is 2. The summed E-state index contributed by atoms with van der Waals surface area (Å²) in [5.41, 5.74) is 1.38. The van der Waals surface area contributed by atoms with Crippen LogP contribution < -0.4 is 0 Å². The van der Waals surface area contributed by atoms with Crippen molar-refractivity contribution in [1.29, 1.82) is 0 Å². The van der Waals surface area contributed by atoms with E-state index in [-0.39, 0.29) is 6.04 Å². The first-order chi connectivity index (χ1) is 10.9. The van der Waals surface area contributed by atoms with Gasteiger partial charge in [-0.25, -0.2) is 8.42 Å². The predicted molar refractivity (Wildman–Crippen MR) is 86.4 cm³/mol. The Morgan fingerprint density at radius 2 is 2.04 bits per heavy atom. The molecule has 0 radical (unpaired) electrons. The predicted octanol–water partition coefficient (Wildman–Crippen LogP) is 2.92. The summed E-state index contributed by atoms with van der Waals surface area (Å²) in [5.74, 6) is 0.861. The average molecular weight is 335 g/mol.